The molecule has 0 bridgehead atoms. The molecule has 0 saturated carbocycles. The van der Waals surface area contributed by atoms with Crippen LogP contribution in [0, 0.1) is 11.8 Å². The maximum Gasteiger partial charge on any atom is 0.312 e. The van der Waals surface area contributed by atoms with Crippen LogP contribution >= 0.6 is 0 Å². The summed E-state index contributed by atoms with van der Waals surface area (Å²) in [5.41, 5.74) is 0. The van der Waals surface area contributed by atoms with Gasteiger partial charge >= 0.3 is 11.8 Å². The van der Waals surface area contributed by atoms with Crippen LogP contribution in [0.4, 0.5) is 0 Å². The third kappa shape index (κ3) is 4.61. The van der Waals surface area contributed by atoms with E-state index in [4.69, 9.17) is 4.74 Å². The van der Waals surface area contributed by atoms with Crippen molar-refractivity contribution in [1.29, 1.82) is 0 Å². The molecule has 3 rings (SSSR count). The van der Waals surface area contributed by atoms with E-state index in [2.05, 4.69) is 13.8 Å². The Hall–Kier alpha value is -1.23. The number of piperidine rings is 1. The van der Waals surface area contributed by atoms with Crippen molar-refractivity contribution in [3.8, 4) is 0 Å². The number of carbonyl (C=O) groups excluding carboxylic acids is 2. The highest BCUT2D eigenvalue weighted by Crippen LogP contribution is 2.25. The molecule has 2 amide bonds. The molecule has 0 aromatic rings. The molecule has 0 aromatic heterocycles. The van der Waals surface area contributed by atoms with Gasteiger partial charge in [0, 0.05) is 52.4 Å². The molecule has 27 heavy (non-hydrogen) atoms. The van der Waals surface area contributed by atoms with Gasteiger partial charge in [-0.25, -0.2) is 0 Å². The highest BCUT2D eigenvalue weighted by molar-refractivity contribution is 7.86. The quantitative estimate of drug-likeness (QED) is 0.565. The minimum atomic E-state index is -3.52. The Morgan fingerprint density at radius 1 is 0.778 bits per heavy atom. The molecule has 2 unspecified atom stereocenters. The summed E-state index contributed by atoms with van der Waals surface area (Å²) in [5, 5.41) is 0. The average molecular weight is 403 g/mol. The van der Waals surface area contributed by atoms with Gasteiger partial charge in [0.15, 0.2) is 0 Å². The maximum atomic E-state index is 12.9. The van der Waals surface area contributed by atoms with Gasteiger partial charge in [-0.3, -0.25) is 9.59 Å². The first-order valence-corrected chi connectivity index (χ1v) is 11.1. The summed E-state index contributed by atoms with van der Waals surface area (Å²) in [6.07, 6.45) is 1.04. The van der Waals surface area contributed by atoms with Crippen LogP contribution in [0.25, 0.3) is 0 Å². The number of nitrogens with zero attached hydrogens (tertiary/aromatic N) is 4. The van der Waals surface area contributed by atoms with E-state index in [0.717, 1.165) is 6.42 Å². The van der Waals surface area contributed by atoms with Crippen molar-refractivity contribution in [2.75, 3.05) is 65.6 Å². The Morgan fingerprint density at radius 2 is 1.26 bits per heavy atom. The molecule has 0 N–H and O–H groups in total. The van der Waals surface area contributed by atoms with E-state index in [1.54, 1.807) is 4.31 Å². The Bertz CT molecular complexity index is 646. The number of amides is 2. The first-order chi connectivity index (χ1) is 12.8. The number of morpholine rings is 1. The summed E-state index contributed by atoms with van der Waals surface area (Å²) in [4.78, 5) is 27.8. The molecule has 0 aliphatic carbocycles. The predicted octanol–water partition coefficient (Wildman–Crippen LogP) is -0.788. The summed E-state index contributed by atoms with van der Waals surface area (Å²) < 4.78 is 34.1. The lowest BCUT2D eigenvalue weighted by atomic mass is 9.94. The second-order valence-corrected chi connectivity index (χ2v) is 9.80. The van der Waals surface area contributed by atoms with Crippen LogP contribution in [0.3, 0.4) is 0 Å². The Morgan fingerprint density at radius 3 is 1.78 bits per heavy atom. The largest absolute Gasteiger partial charge is 0.378 e. The van der Waals surface area contributed by atoms with Gasteiger partial charge in [-0.1, -0.05) is 13.8 Å². The van der Waals surface area contributed by atoms with Gasteiger partial charge < -0.3 is 14.5 Å². The predicted molar refractivity (Wildman–Crippen MR) is 99.0 cm³/mol. The number of hydrogen-bond donors (Lipinski definition) is 0. The first-order valence-electron chi connectivity index (χ1n) is 9.70. The zero-order valence-electron chi connectivity index (χ0n) is 16.2. The second kappa shape index (κ2) is 8.42. The monoisotopic (exact) mass is 402 g/mol. The van der Waals surface area contributed by atoms with E-state index in [1.807, 2.05) is 0 Å². The highest BCUT2D eigenvalue weighted by atomic mass is 32.2. The molecule has 0 radical (unpaired) electrons. The standard InChI is InChI=1S/C17H30N4O5S/c1-14-11-15(2)13-21(12-14)27(24,25)20-5-3-18(4-6-20)16(22)17(23)19-7-9-26-10-8-19/h14-15H,3-13H2,1-2H3. The molecule has 3 heterocycles. The van der Waals surface area contributed by atoms with Crippen molar-refractivity contribution in [1.82, 2.24) is 18.4 Å². The summed E-state index contributed by atoms with van der Waals surface area (Å²) >= 11 is 0. The number of hydrogen-bond acceptors (Lipinski definition) is 5. The van der Waals surface area contributed by atoms with E-state index < -0.39 is 22.0 Å². The van der Waals surface area contributed by atoms with Crippen molar-refractivity contribution < 1.29 is 22.7 Å². The van der Waals surface area contributed by atoms with Crippen LogP contribution in [0.5, 0.6) is 0 Å². The Balaban J connectivity index is 1.56. The van der Waals surface area contributed by atoms with E-state index in [-0.39, 0.29) is 26.2 Å². The van der Waals surface area contributed by atoms with E-state index >= 15 is 0 Å². The molecule has 3 aliphatic heterocycles. The number of piperazine rings is 1. The molecule has 3 aliphatic rings. The van der Waals surface area contributed by atoms with Crippen molar-refractivity contribution in [3.05, 3.63) is 0 Å². The molecule has 0 aromatic carbocycles. The minimum Gasteiger partial charge on any atom is -0.378 e. The minimum absolute atomic E-state index is 0.226. The molecule has 10 heteroatoms. The van der Waals surface area contributed by atoms with Crippen molar-refractivity contribution in [3.63, 3.8) is 0 Å². The van der Waals surface area contributed by atoms with E-state index in [1.165, 1.54) is 14.1 Å². The van der Waals surface area contributed by atoms with Crippen LogP contribution in [0.2, 0.25) is 0 Å². The van der Waals surface area contributed by atoms with Crippen molar-refractivity contribution in [2.24, 2.45) is 11.8 Å². The van der Waals surface area contributed by atoms with Gasteiger partial charge in [0.2, 0.25) is 0 Å². The third-order valence-corrected chi connectivity index (χ3v) is 7.46. The molecule has 3 saturated heterocycles. The summed E-state index contributed by atoms with van der Waals surface area (Å²) in [6, 6.07) is 0. The van der Waals surface area contributed by atoms with Crippen LogP contribution < -0.4 is 0 Å². The lowest BCUT2D eigenvalue weighted by Gasteiger charge is -2.40. The summed E-state index contributed by atoms with van der Waals surface area (Å²) in [6.45, 7) is 7.90. The second-order valence-electron chi connectivity index (χ2n) is 7.87. The molecule has 154 valence electrons. The number of ether oxygens (including phenoxy) is 1. The van der Waals surface area contributed by atoms with Crippen molar-refractivity contribution >= 4 is 22.0 Å². The van der Waals surface area contributed by atoms with Gasteiger partial charge in [0.25, 0.3) is 10.2 Å². The number of rotatable bonds is 2. The fourth-order valence-corrected chi connectivity index (χ4v) is 5.95. The van der Waals surface area contributed by atoms with E-state index in [9.17, 15) is 18.0 Å². The summed E-state index contributed by atoms with van der Waals surface area (Å²) in [7, 11) is -3.52. The fourth-order valence-electron chi connectivity index (χ4n) is 4.12. The van der Waals surface area contributed by atoms with E-state index in [0.29, 0.717) is 51.2 Å². The lowest BCUT2D eigenvalue weighted by Crippen LogP contribution is -2.58. The Labute approximate surface area is 161 Å². The third-order valence-electron chi connectivity index (χ3n) is 5.50. The smallest absolute Gasteiger partial charge is 0.312 e. The van der Waals surface area contributed by atoms with Crippen LogP contribution in [-0.2, 0) is 24.5 Å². The molecule has 9 nitrogen and oxygen atoms in total. The zero-order valence-corrected chi connectivity index (χ0v) is 17.0. The maximum absolute atomic E-state index is 12.9. The van der Waals surface area contributed by atoms with Gasteiger partial charge in [-0.2, -0.15) is 17.0 Å². The SMILES string of the molecule is CC1CC(C)CN(S(=O)(=O)N2CCN(C(=O)C(=O)N3CCOCC3)CC2)C1. The molecule has 2 atom stereocenters. The van der Waals surface area contributed by atoms with Gasteiger partial charge in [0.05, 0.1) is 13.2 Å². The Kier molecular flexibility index (Phi) is 6.39. The average Bonchev–Trinajstić information content (AvgIpc) is 2.67. The van der Waals surface area contributed by atoms with Gasteiger partial charge in [0.1, 0.15) is 0 Å². The topological polar surface area (TPSA) is 90.5 Å². The first kappa shape index (κ1) is 20.5. The normalized spacial score (nSPS) is 29.0. The lowest BCUT2D eigenvalue weighted by molar-refractivity contribution is -0.154. The molecule has 0 spiro atoms. The van der Waals surface area contributed by atoms with Crippen LogP contribution in [0.1, 0.15) is 20.3 Å². The van der Waals surface area contributed by atoms with Gasteiger partial charge in [-0.15, -0.1) is 0 Å². The fraction of sp³-hybridized carbons (Fsp3) is 0.882. The zero-order chi connectivity index (χ0) is 19.6. The van der Waals surface area contributed by atoms with Crippen molar-refractivity contribution in [2.45, 2.75) is 20.3 Å². The van der Waals surface area contributed by atoms with Gasteiger partial charge in [-0.05, 0) is 18.3 Å². The van der Waals surface area contributed by atoms with Crippen LogP contribution in [-0.4, -0.2) is 104 Å². The summed E-state index contributed by atoms with van der Waals surface area (Å²) in [5.74, 6) is -0.377. The molecule has 3 fully saturated rings. The van der Waals surface area contributed by atoms with Crippen LogP contribution in [0.15, 0.2) is 0 Å². The molecular formula is C17H30N4O5S. The molecular weight excluding hydrogens is 372 g/mol. The number of carbonyl (C=O) groups is 2. The highest BCUT2D eigenvalue weighted by Gasteiger charge is 2.38.